The van der Waals surface area contributed by atoms with Gasteiger partial charge in [-0.2, -0.15) is 5.10 Å². The zero-order valence-corrected chi connectivity index (χ0v) is 22.5. The van der Waals surface area contributed by atoms with Crippen molar-refractivity contribution in [2.75, 3.05) is 37.5 Å². The molecule has 3 aromatic rings. The fourth-order valence-corrected chi connectivity index (χ4v) is 6.37. The Labute approximate surface area is 214 Å². The van der Waals surface area contributed by atoms with E-state index in [9.17, 15) is 9.59 Å². The summed E-state index contributed by atoms with van der Waals surface area (Å²) in [7, 11) is 1.59. The molecule has 0 saturated carbocycles. The number of carbonyl (C=O) groups excluding carboxylic acids is 2. The highest BCUT2D eigenvalue weighted by Gasteiger charge is 2.40. The van der Waals surface area contributed by atoms with Crippen molar-refractivity contribution in [3.63, 3.8) is 0 Å². The van der Waals surface area contributed by atoms with Crippen LogP contribution in [0, 0.1) is 6.92 Å². The second-order valence-electron chi connectivity index (χ2n) is 9.56. The van der Waals surface area contributed by atoms with E-state index in [1.165, 1.54) is 4.88 Å². The summed E-state index contributed by atoms with van der Waals surface area (Å²) in [5, 5.41) is 9.99. The molecular weight excluding hydrogens is 480 g/mol. The number of aromatic nitrogens is 2. The lowest BCUT2D eigenvalue weighted by Crippen LogP contribution is -2.43. The van der Waals surface area contributed by atoms with Gasteiger partial charge in [-0.05, 0) is 30.0 Å². The molecule has 1 aliphatic rings. The first kappa shape index (κ1) is 25.5. The molecule has 1 atom stereocenters. The van der Waals surface area contributed by atoms with Gasteiger partial charge < -0.3 is 10.1 Å². The Morgan fingerprint density at radius 1 is 1.23 bits per heavy atom. The van der Waals surface area contributed by atoms with Crippen LogP contribution in [-0.2, 0) is 19.7 Å². The van der Waals surface area contributed by atoms with Gasteiger partial charge in [0.25, 0.3) is 0 Å². The zero-order chi connectivity index (χ0) is 25.2. The Morgan fingerprint density at radius 3 is 2.66 bits per heavy atom. The number of para-hydroxylation sites is 1. The summed E-state index contributed by atoms with van der Waals surface area (Å²) in [6, 6.07) is 12.2. The van der Waals surface area contributed by atoms with Crippen LogP contribution in [-0.4, -0.2) is 54.2 Å². The van der Waals surface area contributed by atoms with Gasteiger partial charge in [-0.15, -0.1) is 23.1 Å². The summed E-state index contributed by atoms with van der Waals surface area (Å²) in [5.41, 5.74) is 3.60. The van der Waals surface area contributed by atoms with Crippen LogP contribution in [0.3, 0.4) is 0 Å². The average Bonchev–Trinajstić information content (AvgIpc) is 3.44. The van der Waals surface area contributed by atoms with E-state index in [-0.39, 0.29) is 34.8 Å². The Morgan fingerprint density at radius 2 is 2.00 bits per heavy atom. The second-order valence-corrected chi connectivity index (χ2v) is 11.6. The Balaban J connectivity index is 1.94. The molecule has 0 bridgehead atoms. The van der Waals surface area contributed by atoms with E-state index in [1.54, 1.807) is 35.1 Å². The fourth-order valence-electron chi connectivity index (χ4n) is 4.20. The van der Waals surface area contributed by atoms with Crippen LogP contribution in [0.5, 0.6) is 0 Å². The summed E-state index contributed by atoms with van der Waals surface area (Å²) in [6.45, 7) is 9.19. The fraction of sp³-hybridized carbons (Fsp3) is 0.423. The van der Waals surface area contributed by atoms with Crippen molar-refractivity contribution >= 4 is 40.7 Å². The van der Waals surface area contributed by atoms with Crippen LogP contribution in [0.1, 0.15) is 47.7 Å². The van der Waals surface area contributed by atoms with Crippen molar-refractivity contribution in [2.24, 2.45) is 0 Å². The number of nitrogens with zero attached hydrogens (tertiary/aromatic N) is 3. The molecule has 3 heterocycles. The monoisotopic (exact) mass is 512 g/mol. The highest BCUT2D eigenvalue weighted by Crippen LogP contribution is 2.49. The number of rotatable bonds is 7. The van der Waals surface area contributed by atoms with Gasteiger partial charge in [-0.3, -0.25) is 14.5 Å². The zero-order valence-electron chi connectivity index (χ0n) is 20.8. The number of hydrogen-bond acceptors (Lipinski definition) is 6. The van der Waals surface area contributed by atoms with Gasteiger partial charge in [0.2, 0.25) is 11.8 Å². The van der Waals surface area contributed by atoms with Crippen molar-refractivity contribution in [3.8, 4) is 5.69 Å². The number of anilines is 1. The molecule has 0 saturated heterocycles. The summed E-state index contributed by atoms with van der Waals surface area (Å²) < 4.78 is 6.93. The van der Waals surface area contributed by atoms with Crippen molar-refractivity contribution in [1.82, 2.24) is 15.1 Å². The Kier molecular flexibility index (Phi) is 7.68. The van der Waals surface area contributed by atoms with Crippen LogP contribution >= 0.6 is 23.1 Å². The molecule has 4 rings (SSSR count). The first-order valence-corrected chi connectivity index (χ1v) is 13.6. The summed E-state index contributed by atoms with van der Waals surface area (Å²) in [4.78, 5) is 29.2. The standard InChI is InChI=1S/C26H32N4O3S2/c1-17-9-6-7-10-18(17)30-25-22(24(28-30)26(2,3)4)23(19-11-8-14-34-19)35-16-21(32)29(25)15-20(31)27-12-13-33-5/h6-11,14,23H,12-13,15-16H2,1-5H3,(H,27,31). The van der Waals surface area contributed by atoms with Gasteiger partial charge in [-0.1, -0.05) is 45.0 Å². The maximum atomic E-state index is 13.5. The number of thioether (sulfide) groups is 1. The largest absolute Gasteiger partial charge is 0.383 e. The number of hydrogen-bond donors (Lipinski definition) is 1. The molecule has 1 aliphatic heterocycles. The lowest BCUT2D eigenvalue weighted by atomic mass is 9.88. The maximum absolute atomic E-state index is 13.5. The van der Waals surface area contributed by atoms with Gasteiger partial charge in [0.1, 0.15) is 12.4 Å². The van der Waals surface area contributed by atoms with Crippen LogP contribution in [0.15, 0.2) is 41.8 Å². The molecule has 1 N–H and O–H groups in total. The topological polar surface area (TPSA) is 76.5 Å². The van der Waals surface area contributed by atoms with Crippen LogP contribution < -0.4 is 10.2 Å². The number of carbonyl (C=O) groups is 2. The number of benzene rings is 1. The van der Waals surface area contributed by atoms with Crippen molar-refractivity contribution < 1.29 is 14.3 Å². The van der Waals surface area contributed by atoms with E-state index in [0.29, 0.717) is 19.0 Å². The van der Waals surface area contributed by atoms with E-state index in [4.69, 9.17) is 9.84 Å². The lowest BCUT2D eigenvalue weighted by molar-refractivity contribution is -0.123. The maximum Gasteiger partial charge on any atom is 0.240 e. The van der Waals surface area contributed by atoms with Gasteiger partial charge in [0, 0.05) is 29.5 Å². The molecule has 0 spiro atoms. The molecule has 0 fully saturated rings. The van der Waals surface area contributed by atoms with Crippen LogP contribution in [0.4, 0.5) is 5.82 Å². The molecule has 0 aliphatic carbocycles. The van der Waals surface area contributed by atoms with Crippen molar-refractivity contribution in [2.45, 2.75) is 38.4 Å². The molecule has 0 radical (unpaired) electrons. The Bertz CT molecular complexity index is 1200. The quantitative estimate of drug-likeness (QED) is 0.473. The minimum absolute atomic E-state index is 0.0532. The summed E-state index contributed by atoms with van der Waals surface area (Å²) >= 11 is 3.28. The van der Waals surface area contributed by atoms with Gasteiger partial charge in [0.05, 0.1) is 29.0 Å². The molecule has 2 aromatic heterocycles. The highest BCUT2D eigenvalue weighted by molar-refractivity contribution is 8.00. The second kappa shape index (κ2) is 10.6. The molecule has 1 aromatic carbocycles. The highest BCUT2D eigenvalue weighted by atomic mass is 32.2. The smallest absolute Gasteiger partial charge is 0.240 e. The number of aryl methyl sites for hydroxylation is 1. The number of methoxy groups -OCH3 is 1. The molecule has 1 unspecified atom stereocenters. The third-order valence-electron chi connectivity index (χ3n) is 5.87. The van der Waals surface area contributed by atoms with Crippen LogP contribution in [0.2, 0.25) is 0 Å². The third-order valence-corrected chi connectivity index (χ3v) is 8.20. The first-order valence-electron chi connectivity index (χ1n) is 11.6. The third kappa shape index (κ3) is 5.32. The van der Waals surface area contributed by atoms with Crippen molar-refractivity contribution in [3.05, 3.63) is 63.5 Å². The molecule has 9 heteroatoms. The van der Waals surface area contributed by atoms with E-state index in [0.717, 1.165) is 22.5 Å². The molecule has 35 heavy (non-hydrogen) atoms. The number of amides is 2. The summed E-state index contributed by atoms with van der Waals surface area (Å²) in [5.74, 6) is 0.627. The lowest BCUT2D eigenvalue weighted by Gasteiger charge is -2.24. The summed E-state index contributed by atoms with van der Waals surface area (Å²) in [6.07, 6.45) is 0. The number of nitrogens with one attached hydrogen (secondary N) is 1. The van der Waals surface area contributed by atoms with Gasteiger partial charge >= 0.3 is 0 Å². The molecule has 186 valence electrons. The van der Waals surface area contributed by atoms with E-state index in [1.807, 2.05) is 41.9 Å². The minimum Gasteiger partial charge on any atom is -0.383 e. The normalized spacial score (nSPS) is 16.2. The Hall–Kier alpha value is -2.62. The molecular formula is C26H32N4O3S2. The van der Waals surface area contributed by atoms with E-state index < -0.39 is 0 Å². The number of fused-ring (bicyclic) bond motifs is 1. The minimum atomic E-state index is -0.270. The van der Waals surface area contributed by atoms with Crippen molar-refractivity contribution in [1.29, 1.82) is 0 Å². The van der Waals surface area contributed by atoms with Gasteiger partial charge in [0.15, 0.2) is 0 Å². The van der Waals surface area contributed by atoms with Gasteiger partial charge in [-0.25, -0.2) is 4.68 Å². The van der Waals surface area contributed by atoms with E-state index >= 15 is 0 Å². The SMILES string of the molecule is COCCNC(=O)CN1C(=O)CSC(c2cccs2)c2c(C(C)(C)C)nn(-c3ccccc3C)c21. The number of thiophene rings is 1. The predicted octanol–water partition coefficient (Wildman–Crippen LogP) is 4.47. The average molecular weight is 513 g/mol. The van der Waals surface area contributed by atoms with Crippen LogP contribution in [0.25, 0.3) is 5.69 Å². The molecule has 2 amide bonds. The van der Waals surface area contributed by atoms with E-state index in [2.05, 4.69) is 37.5 Å². The predicted molar refractivity (Wildman–Crippen MR) is 143 cm³/mol. The first-order chi connectivity index (χ1) is 16.7. The molecule has 7 nitrogen and oxygen atoms in total. The number of ether oxygens (including phenoxy) is 1.